The summed E-state index contributed by atoms with van der Waals surface area (Å²) in [7, 11) is 0. The number of hydrogen-bond acceptors (Lipinski definition) is 6. The molecule has 1 amide bonds. The molecule has 1 aliphatic heterocycles. The van der Waals surface area contributed by atoms with Crippen molar-refractivity contribution < 1.29 is 18.3 Å². The molecule has 0 bridgehead atoms. The number of H-pyrrole nitrogens is 1. The van der Waals surface area contributed by atoms with Crippen LogP contribution in [-0.2, 0) is 4.74 Å². The number of halogens is 2. The number of nitrogens with one attached hydrogen (secondary N) is 3. The van der Waals surface area contributed by atoms with E-state index in [4.69, 9.17) is 4.74 Å². The molecule has 1 atom stereocenters. The molecule has 0 spiro atoms. The first-order valence-corrected chi connectivity index (χ1v) is 10.2. The SMILES string of the molecule is CC(C)(C)OC(=O)N[C@H]1CCN(c2c(F)cc3c(=O)[nH]c(=O)n(NC4CC4)c3c2F)C1. The Morgan fingerprint density at radius 3 is 2.55 bits per heavy atom. The van der Waals surface area contributed by atoms with Gasteiger partial charge < -0.3 is 20.4 Å². The van der Waals surface area contributed by atoms with Gasteiger partial charge >= 0.3 is 11.8 Å². The molecule has 0 unspecified atom stereocenters. The third-order valence-corrected chi connectivity index (χ3v) is 5.17. The van der Waals surface area contributed by atoms with E-state index in [-0.39, 0.29) is 41.8 Å². The Morgan fingerprint density at radius 2 is 1.90 bits per heavy atom. The van der Waals surface area contributed by atoms with Crippen molar-refractivity contribution in [3.8, 4) is 0 Å². The molecule has 2 fully saturated rings. The molecule has 31 heavy (non-hydrogen) atoms. The van der Waals surface area contributed by atoms with Gasteiger partial charge in [0.2, 0.25) is 0 Å². The monoisotopic (exact) mass is 437 g/mol. The molecule has 9 nitrogen and oxygen atoms in total. The van der Waals surface area contributed by atoms with Gasteiger partial charge in [-0.05, 0) is 46.1 Å². The highest BCUT2D eigenvalue weighted by Gasteiger charge is 2.32. The van der Waals surface area contributed by atoms with Gasteiger partial charge in [0, 0.05) is 19.1 Å². The van der Waals surface area contributed by atoms with E-state index in [0.717, 1.165) is 23.6 Å². The predicted molar refractivity (Wildman–Crippen MR) is 111 cm³/mol. The Balaban J connectivity index is 1.66. The lowest BCUT2D eigenvalue weighted by molar-refractivity contribution is 0.0509. The lowest BCUT2D eigenvalue weighted by atomic mass is 10.2. The second kappa shape index (κ2) is 7.54. The lowest BCUT2D eigenvalue weighted by Crippen LogP contribution is -2.41. The van der Waals surface area contributed by atoms with Gasteiger partial charge in [0.1, 0.15) is 22.6 Å². The van der Waals surface area contributed by atoms with Crippen LogP contribution in [0.3, 0.4) is 0 Å². The molecule has 11 heteroatoms. The molecule has 2 aromatic rings. The van der Waals surface area contributed by atoms with Crippen LogP contribution < -0.4 is 26.9 Å². The summed E-state index contributed by atoms with van der Waals surface area (Å²) in [5.41, 5.74) is -0.0914. The number of alkyl carbamates (subject to hydrolysis) is 1. The highest BCUT2D eigenvalue weighted by atomic mass is 19.1. The van der Waals surface area contributed by atoms with Crippen LogP contribution in [0.4, 0.5) is 19.3 Å². The van der Waals surface area contributed by atoms with Gasteiger partial charge in [-0.3, -0.25) is 9.78 Å². The highest BCUT2D eigenvalue weighted by molar-refractivity contribution is 5.84. The zero-order valence-electron chi connectivity index (χ0n) is 17.6. The number of aromatic amines is 1. The summed E-state index contributed by atoms with van der Waals surface area (Å²) >= 11 is 0. The van der Waals surface area contributed by atoms with Crippen LogP contribution in [-0.4, -0.2) is 46.5 Å². The van der Waals surface area contributed by atoms with E-state index in [9.17, 15) is 18.8 Å². The van der Waals surface area contributed by atoms with Crippen molar-refractivity contribution in [2.75, 3.05) is 23.4 Å². The Hall–Kier alpha value is -3.11. The van der Waals surface area contributed by atoms with Crippen molar-refractivity contribution in [3.05, 3.63) is 38.5 Å². The Morgan fingerprint density at radius 1 is 1.19 bits per heavy atom. The maximum atomic E-state index is 15.5. The number of anilines is 1. The first kappa shape index (κ1) is 21.1. The number of carbonyl (C=O) groups is 1. The standard InChI is InChI=1S/C20H25F2N5O4/c1-20(2,3)31-19(30)23-11-6-7-26(9-11)16-13(21)8-12-15(14(16)22)27(25-10-4-5-10)18(29)24-17(12)28/h8,10-11,25H,4-7,9H2,1-3H3,(H,23,30)(H,24,28,29)/t11-/m0/s1. The van der Waals surface area contributed by atoms with Gasteiger partial charge in [0.25, 0.3) is 5.56 Å². The third-order valence-electron chi connectivity index (χ3n) is 5.17. The molecule has 4 rings (SSSR count). The smallest absolute Gasteiger partial charge is 0.407 e. The summed E-state index contributed by atoms with van der Waals surface area (Å²) in [5.74, 6) is -1.91. The van der Waals surface area contributed by atoms with Crippen molar-refractivity contribution in [1.29, 1.82) is 0 Å². The average Bonchev–Trinajstić information content (AvgIpc) is 3.35. The van der Waals surface area contributed by atoms with Gasteiger partial charge in [-0.2, -0.15) is 0 Å². The summed E-state index contributed by atoms with van der Waals surface area (Å²) < 4.78 is 36.6. The van der Waals surface area contributed by atoms with Gasteiger partial charge in [-0.15, -0.1) is 0 Å². The number of nitrogens with zero attached hydrogens (tertiary/aromatic N) is 2. The van der Waals surface area contributed by atoms with Crippen LogP contribution in [0.5, 0.6) is 0 Å². The normalized spacial score (nSPS) is 19.0. The third kappa shape index (κ3) is 4.35. The van der Waals surface area contributed by atoms with E-state index in [1.54, 1.807) is 20.8 Å². The minimum Gasteiger partial charge on any atom is -0.444 e. The largest absolute Gasteiger partial charge is 0.444 e. The molecule has 168 valence electrons. The molecule has 1 aliphatic carbocycles. The van der Waals surface area contributed by atoms with E-state index in [0.29, 0.717) is 6.42 Å². The van der Waals surface area contributed by atoms with Crippen molar-refractivity contribution in [2.24, 2.45) is 0 Å². The number of ether oxygens (including phenoxy) is 1. The fourth-order valence-corrected chi connectivity index (χ4v) is 3.68. The molecule has 1 aromatic heterocycles. The maximum Gasteiger partial charge on any atom is 0.407 e. The summed E-state index contributed by atoms with van der Waals surface area (Å²) in [5, 5.41) is 2.45. The molecule has 2 heterocycles. The van der Waals surface area contributed by atoms with Crippen molar-refractivity contribution in [2.45, 2.75) is 57.7 Å². The zero-order valence-corrected chi connectivity index (χ0v) is 17.6. The minimum absolute atomic E-state index is 0.00565. The first-order valence-electron chi connectivity index (χ1n) is 10.2. The van der Waals surface area contributed by atoms with E-state index < -0.39 is 34.6 Å². The second-order valence-electron chi connectivity index (χ2n) is 8.99. The fourth-order valence-electron chi connectivity index (χ4n) is 3.68. The van der Waals surface area contributed by atoms with Crippen LogP contribution in [0.15, 0.2) is 15.7 Å². The molecule has 1 saturated carbocycles. The highest BCUT2D eigenvalue weighted by Crippen LogP contribution is 2.32. The quantitative estimate of drug-likeness (QED) is 0.673. The van der Waals surface area contributed by atoms with Crippen LogP contribution in [0, 0.1) is 11.6 Å². The van der Waals surface area contributed by atoms with E-state index in [1.807, 2.05) is 0 Å². The first-order chi connectivity index (χ1) is 14.5. The van der Waals surface area contributed by atoms with Crippen molar-refractivity contribution in [3.63, 3.8) is 0 Å². The van der Waals surface area contributed by atoms with Gasteiger partial charge in [-0.25, -0.2) is 23.0 Å². The Bertz CT molecular complexity index is 1150. The van der Waals surface area contributed by atoms with Gasteiger partial charge in [0.15, 0.2) is 5.82 Å². The number of carbonyl (C=O) groups excluding carboxylic acids is 1. The molecule has 0 radical (unpaired) electrons. The molecule has 1 aromatic carbocycles. The van der Waals surface area contributed by atoms with Crippen LogP contribution >= 0.6 is 0 Å². The van der Waals surface area contributed by atoms with Gasteiger partial charge in [0.05, 0.1) is 11.4 Å². The van der Waals surface area contributed by atoms with Crippen molar-refractivity contribution in [1.82, 2.24) is 15.0 Å². The molecular formula is C20H25F2N5O4. The Kier molecular flexibility index (Phi) is 5.14. The predicted octanol–water partition coefficient (Wildman–Crippen LogP) is 1.78. The number of hydrogen-bond donors (Lipinski definition) is 3. The fraction of sp³-hybridized carbons (Fsp3) is 0.550. The lowest BCUT2D eigenvalue weighted by Gasteiger charge is -2.23. The van der Waals surface area contributed by atoms with E-state index >= 15 is 4.39 Å². The zero-order chi connectivity index (χ0) is 22.5. The topological polar surface area (TPSA) is 108 Å². The van der Waals surface area contributed by atoms with E-state index in [2.05, 4.69) is 15.7 Å². The summed E-state index contributed by atoms with van der Waals surface area (Å²) in [6.07, 6.45) is 1.48. The Labute approximate surface area is 176 Å². The van der Waals surface area contributed by atoms with Crippen LogP contribution in [0.25, 0.3) is 10.9 Å². The van der Waals surface area contributed by atoms with Crippen molar-refractivity contribution >= 4 is 22.7 Å². The summed E-state index contributed by atoms with van der Waals surface area (Å²) in [6.45, 7) is 5.66. The van der Waals surface area contributed by atoms with Crippen LogP contribution in [0.2, 0.25) is 0 Å². The van der Waals surface area contributed by atoms with E-state index in [1.165, 1.54) is 4.90 Å². The number of aromatic nitrogens is 2. The van der Waals surface area contributed by atoms with Crippen LogP contribution in [0.1, 0.15) is 40.0 Å². The molecule has 2 aliphatic rings. The maximum absolute atomic E-state index is 15.5. The second-order valence-corrected chi connectivity index (χ2v) is 8.99. The summed E-state index contributed by atoms with van der Waals surface area (Å²) in [6, 6.07) is 0.565. The average molecular weight is 437 g/mol. The summed E-state index contributed by atoms with van der Waals surface area (Å²) in [4.78, 5) is 40.0. The minimum atomic E-state index is -0.996. The number of benzene rings is 1. The number of fused-ring (bicyclic) bond motifs is 1. The number of amides is 1. The van der Waals surface area contributed by atoms with Gasteiger partial charge in [-0.1, -0.05) is 0 Å². The molecule has 1 saturated heterocycles. The number of rotatable bonds is 4. The molecule has 3 N–H and O–H groups in total. The molecular weight excluding hydrogens is 412 g/mol.